The zero-order valence-corrected chi connectivity index (χ0v) is 24.6. The van der Waals surface area contributed by atoms with Crippen molar-refractivity contribution >= 4 is 37.2 Å². The van der Waals surface area contributed by atoms with E-state index in [4.69, 9.17) is 9.47 Å². The highest BCUT2D eigenvalue weighted by molar-refractivity contribution is 7.92. The van der Waals surface area contributed by atoms with Crippen LogP contribution in [-0.2, 0) is 31.3 Å². The van der Waals surface area contributed by atoms with E-state index in [1.165, 1.54) is 80.5 Å². The lowest BCUT2D eigenvalue weighted by Gasteiger charge is -2.26. The van der Waals surface area contributed by atoms with Crippen LogP contribution in [0, 0.1) is 12.7 Å². The smallest absolute Gasteiger partial charge is 0.333 e. The van der Waals surface area contributed by atoms with Crippen molar-refractivity contribution in [1.29, 1.82) is 0 Å². The summed E-state index contributed by atoms with van der Waals surface area (Å²) >= 11 is 1.11. The second-order valence-electron chi connectivity index (χ2n) is 9.81. The number of carbonyl (C=O) groups is 1. The molecule has 0 aliphatic rings. The number of benzene rings is 1. The number of amides is 1. The van der Waals surface area contributed by atoms with Crippen LogP contribution in [0.2, 0.25) is 0 Å². The molecule has 0 saturated carbocycles. The van der Waals surface area contributed by atoms with Crippen LogP contribution in [0.4, 0.5) is 4.39 Å². The van der Waals surface area contributed by atoms with Gasteiger partial charge in [-0.05, 0) is 39.0 Å². The summed E-state index contributed by atoms with van der Waals surface area (Å²) in [4.78, 5) is 42.8. The summed E-state index contributed by atoms with van der Waals surface area (Å²) in [5.41, 5.74) is -2.53. The number of rotatable bonds is 8. The summed E-state index contributed by atoms with van der Waals surface area (Å²) in [5.74, 6) is -1.09. The lowest BCUT2D eigenvalue weighted by atomic mass is 10.0. The Hall–Kier alpha value is -3.69. The van der Waals surface area contributed by atoms with Crippen molar-refractivity contribution in [3.05, 3.63) is 68.4 Å². The second-order valence-corrected chi connectivity index (χ2v) is 13.3. The number of aromatic nitrogens is 5. The van der Waals surface area contributed by atoms with E-state index in [0.29, 0.717) is 21.9 Å². The number of aryl methyl sites for hydroxylation is 1. The lowest BCUT2D eigenvalue weighted by molar-refractivity contribution is -0.124. The van der Waals surface area contributed by atoms with Crippen LogP contribution in [0.3, 0.4) is 0 Å². The minimum atomic E-state index is -2.88. The number of nitrogens with zero attached hydrogens (tertiary/aromatic N) is 6. The molecule has 0 spiro atoms. The number of hydrogen-bond acceptors (Lipinski definition) is 9. The first-order chi connectivity index (χ1) is 18.7. The fraction of sp³-hybridized carbons (Fsp3) is 0.400. The lowest BCUT2D eigenvalue weighted by Crippen LogP contribution is -2.52. The van der Waals surface area contributed by atoms with E-state index in [1.54, 1.807) is 6.92 Å². The van der Waals surface area contributed by atoms with Gasteiger partial charge in [-0.1, -0.05) is 11.3 Å². The average molecular weight is 593 g/mol. The van der Waals surface area contributed by atoms with Crippen LogP contribution < -0.4 is 16.0 Å². The Bertz CT molecular complexity index is 1840. The third kappa shape index (κ3) is 5.23. The molecule has 1 atom stereocenters. The summed E-state index contributed by atoms with van der Waals surface area (Å²) in [6, 6.07) is 3.93. The van der Waals surface area contributed by atoms with Gasteiger partial charge in [-0.2, -0.15) is 14.6 Å². The molecule has 0 N–H and O–H groups in total. The number of halogens is 1. The van der Waals surface area contributed by atoms with Crippen molar-refractivity contribution in [3.63, 3.8) is 0 Å². The molecule has 0 aliphatic carbocycles. The standard InChI is InChI=1S/C25H29FN6O6S2/c1-14-19-20(33)31(25(2,3)23(34)29-40(6,7)36)24(35)30(22(19)39-21(14)32-27-10-11-28-32)13-18(38-5)16-12-15(26)8-9-17(16)37-4/h8-12,18H,13H2,1-7H3. The molecular formula is C25H29FN6O6S2. The fourth-order valence-electron chi connectivity index (χ4n) is 4.33. The van der Waals surface area contributed by atoms with Gasteiger partial charge in [0.2, 0.25) is 0 Å². The van der Waals surface area contributed by atoms with Crippen LogP contribution in [0.15, 0.2) is 44.5 Å². The molecule has 4 rings (SSSR count). The molecule has 1 unspecified atom stereocenters. The minimum absolute atomic E-state index is 0.160. The van der Waals surface area contributed by atoms with Crippen molar-refractivity contribution in [2.45, 2.75) is 39.0 Å². The molecule has 4 aromatic rings. The molecule has 1 aromatic carbocycles. The van der Waals surface area contributed by atoms with Crippen molar-refractivity contribution < 1.29 is 22.9 Å². The SMILES string of the molecule is COc1ccc(F)cc1C(Cn1c(=O)n(C(C)(C)C(=O)N=S(C)(C)=O)c(=O)c2c(C)c(-n3nccn3)sc21)OC. The van der Waals surface area contributed by atoms with Gasteiger partial charge in [-0.15, -0.1) is 4.80 Å². The molecule has 0 aliphatic heterocycles. The molecule has 0 fully saturated rings. The van der Waals surface area contributed by atoms with Crippen molar-refractivity contribution in [2.75, 3.05) is 26.7 Å². The number of carbonyl (C=O) groups excluding carboxylic acids is 1. The topological polar surface area (TPSA) is 140 Å². The van der Waals surface area contributed by atoms with Crippen molar-refractivity contribution in [2.24, 2.45) is 4.36 Å². The molecule has 15 heteroatoms. The Labute approximate surface area is 233 Å². The third-order valence-corrected chi connectivity index (χ3v) is 8.23. The monoisotopic (exact) mass is 592 g/mol. The quantitative estimate of drug-likeness (QED) is 0.304. The Morgan fingerprint density at radius 1 is 1.20 bits per heavy atom. The molecule has 0 saturated heterocycles. The maximum atomic E-state index is 14.3. The summed E-state index contributed by atoms with van der Waals surface area (Å²) in [6.07, 6.45) is 4.63. The van der Waals surface area contributed by atoms with Crippen LogP contribution >= 0.6 is 11.3 Å². The molecule has 3 heterocycles. The normalized spacial score (nSPS) is 13.0. The van der Waals surface area contributed by atoms with Crippen LogP contribution in [-0.4, -0.2) is 61.0 Å². The minimum Gasteiger partial charge on any atom is -0.496 e. The van der Waals surface area contributed by atoms with Crippen molar-refractivity contribution in [3.8, 4) is 10.8 Å². The molecule has 0 radical (unpaired) electrons. The van der Waals surface area contributed by atoms with Gasteiger partial charge >= 0.3 is 5.69 Å². The molecule has 12 nitrogen and oxygen atoms in total. The molecule has 214 valence electrons. The van der Waals surface area contributed by atoms with Gasteiger partial charge in [0.25, 0.3) is 11.5 Å². The highest BCUT2D eigenvalue weighted by atomic mass is 32.2. The summed E-state index contributed by atoms with van der Waals surface area (Å²) in [5, 5.41) is 8.96. The van der Waals surface area contributed by atoms with E-state index >= 15 is 0 Å². The second kappa shape index (κ2) is 10.7. The maximum Gasteiger partial charge on any atom is 0.333 e. The highest BCUT2D eigenvalue weighted by Gasteiger charge is 2.36. The van der Waals surface area contributed by atoms with E-state index in [0.717, 1.165) is 15.9 Å². The van der Waals surface area contributed by atoms with E-state index in [2.05, 4.69) is 14.6 Å². The molecule has 0 bridgehead atoms. The maximum absolute atomic E-state index is 14.3. The molecule has 3 aromatic heterocycles. The Morgan fingerprint density at radius 2 is 1.85 bits per heavy atom. The number of methoxy groups -OCH3 is 2. The van der Waals surface area contributed by atoms with E-state index < -0.39 is 44.3 Å². The van der Waals surface area contributed by atoms with Gasteiger partial charge in [0.05, 0.1) is 31.4 Å². The summed E-state index contributed by atoms with van der Waals surface area (Å²) in [6.45, 7) is 4.25. The molecule has 40 heavy (non-hydrogen) atoms. The predicted octanol–water partition coefficient (Wildman–Crippen LogP) is 2.64. The third-order valence-electron chi connectivity index (χ3n) is 6.34. The zero-order chi connectivity index (χ0) is 29.6. The van der Waals surface area contributed by atoms with E-state index in [9.17, 15) is 23.0 Å². The zero-order valence-electron chi connectivity index (χ0n) is 23.0. The van der Waals surface area contributed by atoms with Crippen LogP contribution in [0.1, 0.15) is 31.1 Å². The average Bonchev–Trinajstić information content (AvgIpc) is 3.51. The summed E-state index contributed by atoms with van der Waals surface area (Å²) < 4.78 is 43.5. The first-order valence-corrected chi connectivity index (χ1v) is 15.1. The highest BCUT2D eigenvalue weighted by Crippen LogP contribution is 2.34. The van der Waals surface area contributed by atoms with Gasteiger partial charge in [-0.3, -0.25) is 14.2 Å². The predicted molar refractivity (Wildman–Crippen MR) is 149 cm³/mol. The summed E-state index contributed by atoms with van der Waals surface area (Å²) in [7, 11) is -0.0552. The van der Waals surface area contributed by atoms with Gasteiger partial charge < -0.3 is 9.47 Å². The number of fused-ring (bicyclic) bond motifs is 1. The van der Waals surface area contributed by atoms with Crippen molar-refractivity contribution in [1.82, 2.24) is 24.1 Å². The Morgan fingerprint density at radius 3 is 2.42 bits per heavy atom. The number of thiophene rings is 1. The van der Waals surface area contributed by atoms with Crippen LogP contribution in [0.5, 0.6) is 5.75 Å². The van der Waals surface area contributed by atoms with Gasteiger partial charge in [0, 0.05) is 40.5 Å². The van der Waals surface area contributed by atoms with Gasteiger partial charge in [-0.25, -0.2) is 18.0 Å². The Kier molecular flexibility index (Phi) is 7.84. The largest absolute Gasteiger partial charge is 0.496 e. The molecular weight excluding hydrogens is 563 g/mol. The van der Waals surface area contributed by atoms with E-state index in [-0.39, 0.29) is 16.8 Å². The van der Waals surface area contributed by atoms with Crippen LogP contribution in [0.25, 0.3) is 15.2 Å². The Balaban J connectivity index is 2.07. The van der Waals surface area contributed by atoms with Gasteiger partial charge in [0.1, 0.15) is 33.0 Å². The first kappa shape index (κ1) is 29.3. The van der Waals surface area contributed by atoms with E-state index in [1.807, 2.05) is 0 Å². The first-order valence-electron chi connectivity index (χ1n) is 11.9. The number of ether oxygens (including phenoxy) is 2. The van der Waals surface area contributed by atoms with Gasteiger partial charge in [0.15, 0.2) is 0 Å². The molecule has 1 amide bonds. The number of hydrogen-bond donors (Lipinski definition) is 0. The fourth-order valence-corrected chi connectivity index (χ4v) is 6.17.